The van der Waals surface area contributed by atoms with Gasteiger partial charge in [0, 0.05) is 11.6 Å². The summed E-state index contributed by atoms with van der Waals surface area (Å²) in [6.07, 6.45) is 3.02. The number of halogens is 1. The molecule has 20 heavy (non-hydrogen) atoms. The molecule has 1 heterocycles. The normalized spacial score (nSPS) is 25.8. The van der Waals surface area contributed by atoms with E-state index in [0.29, 0.717) is 25.2 Å². The Bertz CT molecular complexity index is 478. The summed E-state index contributed by atoms with van der Waals surface area (Å²) in [5, 5.41) is 3.08. The number of nitrogens with one attached hydrogen (secondary N) is 1. The molecule has 2 rings (SSSR count). The Morgan fingerprint density at radius 2 is 2.45 bits per heavy atom. The van der Waals surface area contributed by atoms with E-state index >= 15 is 0 Å². The maximum absolute atomic E-state index is 13.6. The Kier molecular flexibility index (Phi) is 4.59. The van der Waals surface area contributed by atoms with Crippen molar-refractivity contribution in [2.75, 3.05) is 20.2 Å². The monoisotopic (exact) mass is 300 g/mol. The molecule has 7 heteroatoms. The molecule has 0 spiro atoms. The van der Waals surface area contributed by atoms with E-state index in [0.717, 1.165) is 0 Å². The minimum absolute atomic E-state index is 0.131. The summed E-state index contributed by atoms with van der Waals surface area (Å²) in [5.41, 5.74) is 0.558. The summed E-state index contributed by atoms with van der Waals surface area (Å²) in [6.45, 7) is 2.53. The van der Waals surface area contributed by atoms with Crippen molar-refractivity contribution in [3.8, 4) is 0 Å². The van der Waals surface area contributed by atoms with Crippen molar-refractivity contribution in [1.29, 1.82) is 0 Å². The SMILES string of the molecule is COC(=S)NCC1CN(C2=CCC(C)C(F)=C2)C(=O)O1. The highest BCUT2D eigenvalue weighted by Gasteiger charge is 2.34. The first-order chi connectivity index (χ1) is 9.51. The van der Waals surface area contributed by atoms with E-state index in [9.17, 15) is 9.18 Å². The van der Waals surface area contributed by atoms with E-state index in [1.165, 1.54) is 18.1 Å². The maximum atomic E-state index is 13.6. The highest BCUT2D eigenvalue weighted by atomic mass is 32.1. The molecule has 1 aliphatic carbocycles. The van der Waals surface area contributed by atoms with Crippen LogP contribution >= 0.6 is 12.2 Å². The first-order valence-corrected chi connectivity index (χ1v) is 6.79. The topological polar surface area (TPSA) is 50.8 Å². The van der Waals surface area contributed by atoms with Crippen LogP contribution in [0.2, 0.25) is 0 Å². The predicted octanol–water partition coefficient (Wildman–Crippen LogP) is 2.11. The number of thiocarbonyl (C=S) groups is 1. The molecule has 110 valence electrons. The van der Waals surface area contributed by atoms with Gasteiger partial charge in [0.05, 0.1) is 20.2 Å². The Balaban J connectivity index is 1.95. The average Bonchev–Trinajstić information content (AvgIpc) is 2.80. The number of rotatable bonds is 3. The molecular weight excluding hydrogens is 283 g/mol. The second-order valence-corrected chi connectivity index (χ2v) is 5.15. The van der Waals surface area contributed by atoms with Gasteiger partial charge in [0.1, 0.15) is 11.9 Å². The van der Waals surface area contributed by atoms with Crippen LogP contribution < -0.4 is 5.32 Å². The molecule has 1 amide bonds. The highest BCUT2D eigenvalue weighted by molar-refractivity contribution is 7.80. The molecule has 0 radical (unpaired) electrons. The third-order valence-corrected chi connectivity index (χ3v) is 3.59. The van der Waals surface area contributed by atoms with Gasteiger partial charge in [-0.3, -0.25) is 4.90 Å². The first kappa shape index (κ1) is 14.8. The standard InChI is InChI=1S/C13H17FN2O3S/c1-8-3-4-9(5-11(8)14)16-7-10(19-13(16)17)6-15-12(20)18-2/h4-5,8,10H,3,6-7H2,1-2H3,(H,15,20). The van der Waals surface area contributed by atoms with Gasteiger partial charge in [0.25, 0.3) is 5.17 Å². The zero-order chi connectivity index (χ0) is 14.7. The lowest BCUT2D eigenvalue weighted by Crippen LogP contribution is -2.34. The highest BCUT2D eigenvalue weighted by Crippen LogP contribution is 2.28. The van der Waals surface area contributed by atoms with E-state index in [-0.39, 0.29) is 23.0 Å². The van der Waals surface area contributed by atoms with Crippen LogP contribution in [0.25, 0.3) is 0 Å². The van der Waals surface area contributed by atoms with E-state index in [4.69, 9.17) is 21.7 Å². The maximum Gasteiger partial charge on any atom is 0.414 e. The summed E-state index contributed by atoms with van der Waals surface area (Å²) < 4.78 is 23.6. The molecule has 1 fully saturated rings. The molecule has 1 aliphatic heterocycles. The number of methoxy groups -OCH3 is 1. The van der Waals surface area contributed by atoms with Crippen LogP contribution in [-0.2, 0) is 9.47 Å². The number of carbonyl (C=O) groups excluding carboxylic acids is 1. The fraction of sp³-hybridized carbons (Fsp3) is 0.538. The molecule has 2 atom stereocenters. The Morgan fingerprint density at radius 1 is 1.70 bits per heavy atom. The molecular formula is C13H17FN2O3S. The fourth-order valence-corrected chi connectivity index (χ4v) is 2.13. The molecule has 2 aliphatic rings. The largest absolute Gasteiger partial charge is 0.474 e. The van der Waals surface area contributed by atoms with Gasteiger partial charge in [-0.05, 0) is 24.7 Å². The number of cyclic esters (lactones) is 1. The van der Waals surface area contributed by atoms with Gasteiger partial charge in [0.15, 0.2) is 0 Å². The Morgan fingerprint density at radius 3 is 3.10 bits per heavy atom. The van der Waals surface area contributed by atoms with Gasteiger partial charge in [-0.1, -0.05) is 13.0 Å². The first-order valence-electron chi connectivity index (χ1n) is 6.38. The smallest absolute Gasteiger partial charge is 0.414 e. The van der Waals surface area contributed by atoms with Crippen molar-refractivity contribution in [2.24, 2.45) is 5.92 Å². The van der Waals surface area contributed by atoms with Crippen molar-refractivity contribution in [3.05, 3.63) is 23.7 Å². The number of allylic oxidation sites excluding steroid dienone is 3. The number of hydrogen-bond donors (Lipinski definition) is 1. The van der Waals surface area contributed by atoms with Gasteiger partial charge in [0.2, 0.25) is 0 Å². The molecule has 5 nitrogen and oxygen atoms in total. The number of amides is 1. The van der Waals surface area contributed by atoms with Crippen LogP contribution in [0.1, 0.15) is 13.3 Å². The number of ether oxygens (including phenoxy) is 2. The van der Waals surface area contributed by atoms with E-state index < -0.39 is 6.09 Å². The molecule has 0 aromatic heterocycles. The lowest BCUT2D eigenvalue weighted by atomic mass is 10.00. The summed E-state index contributed by atoms with van der Waals surface area (Å²) in [5.74, 6) is -0.341. The van der Waals surface area contributed by atoms with Crippen molar-refractivity contribution >= 4 is 23.5 Å². The van der Waals surface area contributed by atoms with Gasteiger partial charge < -0.3 is 14.8 Å². The molecule has 0 aromatic carbocycles. The van der Waals surface area contributed by atoms with Crippen molar-refractivity contribution in [2.45, 2.75) is 19.4 Å². The summed E-state index contributed by atoms with van der Waals surface area (Å²) in [4.78, 5) is 13.2. The van der Waals surface area contributed by atoms with Gasteiger partial charge in [-0.15, -0.1) is 0 Å². The zero-order valence-electron chi connectivity index (χ0n) is 11.4. The second kappa shape index (κ2) is 6.21. The summed E-state index contributed by atoms with van der Waals surface area (Å²) in [7, 11) is 1.46. The zero-order valence-corrected chi connectivity index (χ0v) is 12.2. The summed E-state index contributed by atoms with van der Waals surface area (Å²) >= 11 is 4.84. The molecule has 0 aromatic rings. The lowest BCUT2D eigenvalue weighted by molar-refractivity contribution is 0.135. The minimum atomic E-state index is -0.468. The van der Waals surface area contributed by atoms with Crippen LogP contribution in [0.5, 0.6) is 0 Å². The summed E-state index contributed by atoms with van der Waals surface area (Å²) in [6, 6.07) is 0. The lowest BCUT2D eigenvalue weighted by Gasteiger charge is -2.20. The van der Waals surface area contributed by atoms with Crippen molar-refractivity contribution < 1.29 is 18.7 Å². The Hall–Kier alpha value is -1.63. The quantitative estimate of drug-likeness (QED) is 0.809. The number of nitrogens with zero attached hydrogens (tertiary/aromatic N) is 1. The van der Waals surface area contributed by atoms with Gasteiger partial charge in [-0.2, -0.15) is 0 Å². The Labute approximate surface area is 122 Å². The minimum Gasteiger partial charge on any atom is -0.474 e. The molecule has 0 saturated carbocycles. The van der Waals surface area contributed by atoms with Crippen molar-refractivity contribution in [1.82, 2.24) is 10.2 Å². The van der Waals surface area contributed by atoms with Gasteiger partial charge in [-0.25, -0.2) is 9.18 Å². The third kappa shape index (κ3) is 3.27. The second-order valence-electron chi connectivity index (χ2n) is 4.78. The van der Waals surface area contributed by atoms with Crippen LogP contribution in [-0.4, -0.2) is 42.5 Å². The molecule has 2 unspecified atom stereocenters. The van der Waals surface area contributed by atoms with Crippen molar-refractivity contribution in [3.63, 3.8) is 0 Å². The fourth-order valence-electron chi connectivity index (χ4n) is 2.05. The molecule has 0 bridgehead atoms. The third-order valence-electron chi connectivity index (χ3n) is 3.28. The van der Waals surface area contributed by atoms with E-state index in [2.05, 4.69) is 5.32 Å². The predicted molar refractivity (Wildman–Crippen MR) is 75.6 cm³/mol. The molecule has 1 N–H and O–H groups in total. The average molecular weight is 300 g/mol. The van der Waals surface area contributed by atoms with E-state index in [1.54, 1.807) is 6.92 Å². The molecule has 1 saturated heterocycles. The van der Waals surface area contributed by atoms with Crippen LogP contribution in [0.4, 0.5) is 9.18 Å². The number of hydrogen-bond acceptors (Lipinski definition) is 4. The van der Waals surface area contributed by atoms with E-state index in [1.807, 2.05) is 6.08 Å². The van der Waals surface area contributed by atoms with Crippen LogP contribution in [0.15, 0.2) is 23.7 Å². The van der Waals surface area contributed by atoms with Crippen LogP contribution in [0.3, 0.4) is 0 Å². The van der Waals surface area contributed by atoms with Crippen LogP contribution in [0, 0.1) is 5.92 Å². The van der Waals surface area contributed by atoms with Gasteiger partial charge >= 0.3 is 6.09 Å². The number of carbonyl (C=O) groups is 1.